The fraction of sp³-hybridized carbons (Fsp3) is 0.556. The van der Waals surface area contributed by atoms with Crippen LogP contribution < -0.4 is 0 Å². The van der Waals surface area contributed by atoms with E-state index in [1.54, 1.807) is 4.90 Å². The largest absolute Gasteiger partial charge is 0.335 e. The monoisotopic (exact) mass is 287 g/mol. The van der Waals surface area contributed by atoms with Gasteiger partial charge in [0.2, 0.25) is 5.91 Å². The van der Waals surface area contributed by atoms with Crippen molar-refractivity contribution in [3.63, 3.8) is 0 Å². The van der Waals surface area contributed by atoms with Gasteiger partial charge >= 0.3 is 0 Å². The first-order valence-corrected chi connectivity index (χ1v) is 7.99. The molecule has 3 nitrogen and oxygen atoms in total. The van der Waals surface area contributed by atoms with Crippen LogP contribution in [0, 0.1) is 0 Å². The number of amides is 1. The van der Waals surface area contributed by atoms with Crippen LogP contribution in [0.4, 0.5) is 0 Å². The van der Waals surface area contributed by atoms with Crippen LogP contribution in [0.3, 0.4) is 0 Å². The number of likely N-dealkylation sites (tertiary alicyclic amines) is 1. The second-order valence-corrected chi connectivity index (χ2v) is 6.18. The fourth-order valence-corrected chi connectivity index (χ4v) is 2.70. The molecule has 1 aliphatic heterocycles. The van der Waals surface area contributed by atoms with E-state index in [1.165, 1.54) is 5.56 Å². The Morgan fingerprint density at radius 3 is 2.43 bits per heavy atom. The topological polar surface area (TPSA) is 37.4 Å². The Kier molecular flexibility index (Phi) is 5.54. The third-order valence-corrected chi connectivity index (χ3v) is 4.16. The van der Waals surface area contributed by atoms with Gasteiger partial charge < -0.3 is 4.90 Å². The maximum atomic E-state index is 12.3. The molecule has 0 radical (unpaired) electrons. The Bertz CT molecular complexity index is 490. The zero-order valence-corrected chi connectivity index (χ0v) is 13.1. The average Bonchev–Trinajstić information content (AvgIpc) is 2.47. The third kappa shape index (κ3) is 4.42. The molecule has 0 atom stereocenters. The summed E-state index contributed by atoms with van der Waals surface area (Å²) in [7, 11) is 0. The maximum absolute atomic E-state index is 12.3. The smallest absolute Gasteiger partial charge is 0.222 e. The molecule has 0 saturated carbocycles. The van der Waals surface area contributed by atoms with Crippen molar-refractivity contribution in [2.75, 3.05) is 13.1 Å². The van der Waals surface area contributed by atoms with Crippen LogP contribution in [-0.2, 0) is 4.79 Å². The summed E-state index contributed by atoms with van der Waals surface area (Å²) in [5.41, 5.74) is 1.93. The summed E-state index contributed by atoms with van der Waals surface area (Å²) in [6.07, 6.45) is 4.82. The molecule has 2 rings (SSSR count). The van der Waals surface area contributed by atoms with Gasteiger partial charge in [0.1, 0.15) is 0 Å². The summed E-state index contributed by atoms with van der Waals surface area (Å²) in [5.74, 6) is 0.631. The highest BCUT2D eigenvalue weighted by atomic mass is 16.2. The van der Waals surface area contributed by atoms with E-state index in [0.29, 0.717) is 24.4 Å². The minimum absolute atomic E-state index is 0.0410. The molecule has 0 unspecified atom stereocenters. The van der Waals surface area contributed by atoms with Crippen molar-refractivity contribution in [2.24, 2.45) is 0 Å². The summed E-state index contributed by atoms with van der Waals surface area (Å²) < 4.78 is 0. The summed E-state index contributed by atoms with van der Waals surface area (Å²) >= 11 is 0. The average molecular weight is 287 g/mol. The van der Waals surface area contributed by atoms with Crippen molar-refractivity contribution in [1.29, 1.82) is 0 Å². The normalized spacial score (nSPS) is 16.7. The van der Waals surface area contributed by atoms with Crippen LogP contribution in [0.2, 0.25) is 0 Å². The molecule has 1 aliphatic rings. The molecule has 1 aromatic carbocycles. The van der Waals surface area contributed by atoms with Crippen molar-refractivity contribution < 1.29 is 9.59 Å². The van der Waals surface area contributed by atoms with Gasteiger partial charge in [0, 0.05) is 18.5 Å². The molecule has 114 valence electrons. The highest BCUT2D eigenvalue weighted by Gasteiger charge is 2.19. The summed E-state index contributed by atoms with van der Waals surface area (Å²) in [4.78, 5) is 26.1. The predicted molar refractivity (Wildman–Crippen MR) is 84.5 cm³/mol. The minimum Gasteiger partial charge on any atom is -0.335 e. The number of nitrogens with zero attached hydrogens (tertiary/aromatic N) is 1. The Labute approximate surface area is 127 Å². The van der Waals surface area contributed by atoms with E-state index in [4.69, 9.17) is 0 Å². The van der Waals surface area contributed by atoms with Gasteiger partial charge in [-0.25, -0.2) is 0 Å². The van der Waals surface area contributed by atoms with E-state index in [-0.39, 0.29) is 18.2 Å². The lowest BCUT2D eigenvalue weighted by atomic mass is 10.00. The van der Waals surface area contributed by atoms with Gasteiger partial charge in [-0.1, -0.05) is 51.0 Å². The third-order valence-electron chi connectivity index (χ3n) is 4.16. The highest BCUT2D eigenvalue weighted by Crippen LogP contribution is 2.16. The number of hydrogen-bond donors (Lipinski definition) is 0. The lowest BCUT2D eigenvalue weighted by Gasteiger charge is -2.24. The molecule has 0 bridgehead atoms. The first kappa shape index (κ1) is 15.7. The quantitative estimate of drug-likeness (QED) is 0.790. The number of ketones is 1. The second kappa shape index (κ2) is 7.39. The highest BCUT2D eigenvalue weighted by molar-refractivity contribution is 5.99. The first-order valence-electron chi connectivity index (χ1n) is 7.99. The van der Waals surface area contributed by atoms with E-state index in [1.807, 2.05) is 24.3 Å². The maximum Gasteiger partial charge on any atom is 0.222 e. The number of carbonyl (C=O) groups is 2. The van der Waals surface area contributed by atoms with Crippen molar-refractivity contribution in [2.45, 2.75) is 51.9 Å². The molecule has 1 saturated heterocycles. The van der Waals surface area contributed by atoms with Gasteiger partial charge in [0.25, 0.3) is 0 Å². The first-order chi connectivity index (χ1) is 10.1. The van der Waals surface area contributed by atoms with E-state index < -0.39 is 0 Å². The number of carbonyl (C=O) groups excluding carboxylic acids is 2. The summed E-state index contributed by atoms with van der Waals surface area (Å²) in [6, 6.07) is 7.78. The van der Waals surface area contributed by atoms with Crippen molar-refractivity contribution in [1.82, 2.24) is 4.90 Å². The van der Waals surface area contributed by atoms with Crippen molar-refractivity contribution in [3.05, 3.63) is 35.4 Å². The number of rotatable bonds is 4. The molecule has 3 heteroatoms. The number of hydrogen-bond acceptors (Lipinski definition) is 2. The summed E-state index contributed by atoms with van der Waals surface area (Å²) in [5, 5.41) is 0. The van der Waals surface area contributed by atoms with E-state index in [0.717, 1.165) is 25.7 Å². The molecule has 1 amide bonds. The molecule has 1 aromatic rings. The Morgan fingerprint density at radius 1 is 1.10 bits per heavy atom. The van der Waals surface area contributed by atoms with E-state index in [9.17, 15) is 9.59 Å². The lowest BCUT2D eigenvalue weighted by molar-refractivity contribution is -0.131. The van der Waals surface area contributed by atoms with E-state index in [2.05, 4.69) is 13.8 Å². The summed E-state index contributed by atoms with van der Waals surface area (Å²) in [6.45, 7) is 5.21. The Balaban J connectivity index is 2.00. The van der Waals surface area contributed by atoms with Gasteiger partial charge in [-0.2, -0.15) is 0 Å². The molecule has 0 N–H and O–H groups in total. The van der Waals surface area contributed by atoms with Crippen LogP contribution in [0.25, 0.3) is 0 Å². The lowest BCUT2D eigenvalue weighted by Crippen LogP contribution is -2.37. The molecule has 0 aromatic heterocycles. The van der Waals surface area contributed by atoms with Crippen LogP contribution in [0.1, 0.15) is 67.8 Å². The number of Topliss-reactive ketones (excluding diaryl/α,β-unsaturated/α-hetero) is 1. The van der Waals surface area contributed by atoms with Crippen LogP contribution in [0.5, 0.6) is 0 Å². The van der Waals surface area contributed by atoms with Gasteiger partial charge in [0.05, 0.1) is 6.54 Å². The Morgan fingerprint density at radius 2 is 1.76 bits per heavy atom. The Hall–Kier alpha value is -1.64. The van der Waals surface area contributed by atoms with Crippen molar-refractivity contribution in [3.8, 4) is 0 Å². The van der Waals surface area contributed by atoms with Gasteiger partial charge in [-0.05, 0) is 24.3 Å². The van der Waals surface area contributed by atoms with Crippen LogP contribution >= 0.6 is 0 Å². The SMILES string of the molecule is CC(C)c1ccc(C(=O)CN2CCCCCCC2=O)cc1. The molecule has 1 fully saturated rings. The fourth-order valence-electron chi connectivity index (χ4n) is 2.70. The van der Waals surface area contributed by atoms with Gasteiger partial charge in [0.15, 0.2) is 5.78 Å². The molecule has 21 heavy (non-hydrogen) atoms. The molecular weight excluding hydrogens is 262 g/mol. The van der Waals surface area contributed by atoms with Gasteiger partial charge in [-0.15, -0.1) is 0 Å². The molecule has 0 aliphatic carbocycles. The number of benzene rings is 1. The zero-order chi connectivity index (χ0) is 15.2. The second-order valence-electron chi connectivity index (χ2n) is 6.18. The molecule has 1 heterocycles. The van der Waals surface area contributed by atoms with Crippen LogP contribution in [0.15, 0.2) is 24.3 Å². The zero-order valence-electron chi connectivity index (χ0n) is 13.1. The molecular formula is C18H25NO2. The molecule has 0 spiro atoms. The van der Waals surface area contributed by atoms with E-state index >= 15 is 0 Å². The minimum atomic E-state index is 0.0410. The standard InChI is InChI=1S/C18H25NO2/c1-14(2)15-8-10-16(11-9-15)17(20)13-19-12-6-4-3-5-7-18(19)21/h8-11,14H,3-7,12-13H2,1-2H3. The van der Waals surface area contributed by atoms with Crippen molar-refractivity contribution >= 4 is 11.7 Å². The van der Waals surface area contributed by atoms with Gasteiger partial charge in [-0.3, -0.25) is 9.59 Å². The van der Waals surface area contributed by atoms with Crippen LogP contribution in [-0.4, -0.2) is 29.7 Å². The predicted octanol–water partition coefficient (Wildman–Crippen LogP) is 3.79.